The summed E-state index contributed by atoms with van der Waals surface area (Å²) in [6.07, 6.45) is 2.24. The Balaban J connectivity index is 0.000000122. The van der Waals surface area contributed by atoms with Crippen molar-refractivity contribution in [1.29, 1.82) is 0 Å². The molecule has 1 aliphatic rings. The lowest BCUT2D eigenvalue weighted by molar-refractivity contribution is 1.55. The van der Waals surface area contributed by atoms with E-state index in [9.17, 15) is 0 Å². The molecule has 22 heavy (non-hydrogen) atoms. The molecule has 0 bridgehead atoms. The highest BCUT2D eigenvalue weighted by Gasteiger charge is 2.01. The van der Waals surface area contributed by atoms with Crippen LogP contribution in [0.15, 0.2) is 78.5 Å². The van der Waals surface area contributed by atoms with E-state index < -0.39 is 0 Å². The molecule has 0 saturated heterocycles. The molecular formula is C20H17NSi. The van der Waals surface area contributed by atoms with E-state index in [2.05, 4.69) is 89.6 Å². The van der Waals surface area contributed by atoms with Crippen molar-refractivity contribution in [3.05, 3.63) is 84.1 Å². The molecule has 0 fully saturated rings. The quantitative estimate of drug-likeness (QED) is 0.476. The van der Waals surface area contributed by atoms with Gasteiger partial charge in [0.15, 0.2) is 0 Å². The Hall–Kier alpha value is -2.58. The Kier molecular flexibility index (Phi) is 3.37. The molecule has 1 aliphatic heterocycles. The van der Waals surface area contributed by atoms with Gasteiger partial charge in [-0.05, 0) is 17.7 Å². The molecule has 0 aliphatic carbocycles. The number of benzene rings is 3. The molecule has 2 heteroatoms. The second-order valence-electron chi connectivity index (χ2n) is 5.52. The lowest BCUT2D eigenvalue weighted by Gasteiger charge is -1.92. The maximum atomic E-state index is 3.38. The summed E-state index contributed by atoms with van der Waals surface area (Å²) in [5, 5.41) is 4.20. The van der Waals surface area contributed by atoms with Crippen LogP contribution in [-0.4, -0.2) is 14.5 Å². The SMILES string of the molecule is C1=Cc2ccccc2[SiH2]1.c1ccc2c(c1)[nH]c1ccccc12. The number of aromatic amines is 1. The summed E-state index contributed by atoms with van der Waals surface area (Å²) in [7, 11) is 0.0110. The van der Waals surface area contributed by atoms with E-state index in [1.165, 1.54) is 27.4 Å². The number of aromatic nitrogens is 1. The van der Waals surface area contributed by atoms with E-state index in [4.69, 9.17) is 0 Å². The van der Waals surface area contributed by atoms with Crippen LogP contribution < -0.4 is 5.19 Å². The molecule has 1 aromatic heterocycles. The van der Waals surface area contributed by atoms with Crippen LogP contribution in [0.25, 0.3) is 27.9 Å². The molecule has 106 valence electrons. The van der Waals surface area contributed by atoms with Crippen molar-refractivity contribution in [3.8, 4) is 0 Å². The monoisotopic (exact) mass is 299 g/mol. The smallest absolute Gasteiger partial charge is 0.0791 e. The van der Waals surface area contributed by atoms with Crippen molar-refractivity contribution < 1.29 is 0 Å². The molecule has 0 unspecified atom stereocenters. The van der Waals surface area contributed by atoms with Gasteiger partial charge in [0.25, 0.3) is 0 Å². The van der Waals surface area contributed by atoms with Crippen molar-refractivity contribution in [2.75, 3.05) is 0 Å². The van der Waals surface area contributed by atoms with Gasteiger partial charge in [-0.1, -0.05) is 77.6 Å². The molecule has 5 rings (SSSR count). The highest BCUT2D eigenvalue weighted by molar-refractivity contribution is 6.62. The maximum absolute atomic E-state index is 3.38. The summed E-state index contributed by atoms with van der Waals surface area (Å²) in [6, 6.07) is 25.4. The Morgan fingerprint density at radius 1 is 0.636 bits per heavy atom. The minimum absolute atomic E-state index is 0.0110. The van der Waals surface area contributed by atoms with E-state index in [0.29, 0.717) is 0 Å². The number of H-pyrrole nitrogens is 1. The van der Waals surface area contributed by atoms with Crippen LogP contribution in [-0.2, 0) is 0 Å². The summed E-state index contributed by atoms with van der Waals surface area (Å²) in [5.41, 5.74) is 6.21. The Bertz CT molecular complexity index is 915. The molecule has 0 radical (unpaired) electrons. The van der Waals surface area contributed by atoms with Gasteiger partial charge in [0.2, 0.25) is 0 Å². The van der Waals surface area contributed by atoms with Crippen molar-refractivity contribution in [2.45, 2.75) is 0 Å². The fourth-order valence-corrected chi connectivity index (χ4v) is 4.36. The van der Waals surface area contributed by atoms with Crippen LogP contribution in [0.5, 0.6) is 0 Å². The molecular weight excluding hydrogens is 282 g/mol. The Morgan fingerprint density at radius 2 is 1.23 bits per heavy atom. The van der Waals surface area contributed by atoms with E-state index in [1.807, 2.05) is 0 Å². The minimum Gasteiger partial charge on any atom is -0.355 e. The molecule has 1 nitrogen and oxygen atoms in total. The molecule has 1 N–H and O–H groups in total. The van der Waals surface area contributed by atoms with Crippen molar-refractivity contribution in [2.24, 2.45) is 0 Å². The first-order valence-electron chi connectivity index (χ1n) is 7.62. The van der Waals surface area contributed by atoms with Crippen molar-refractivity contribution >= 4 is 42.6 Å². The lowest BCUT2D eigenvalue weighted by Crippen LogP contribution is -2.09. The van der Waals surface area contributed by atoms with Gasteiger partial charge in [-0.3, -0.25) is 0 Å². The predicted molar refractivity (Wildman–Crippen MR) is 99.5 cm³/mol. The number of hydrogen-bond donors (Lipinski definition) is 1. The first-order chi connectivity index (χ1) is 10.9. The third-order valence-electron chi connectivity index (χ3n) is 4.10. The highest BCUT2D eigenvalue weighted by Crippen LogP contribution is 2.24. The second kappa shape index (κ2) is 5.66. The number of fused-ring (bicyclic) bond motifs is 4. The van der Waals surface area contributed by atoms with E-state index >= 15 is 0 Å². The number of para-hydroxylation sites is 2. The molecule has 0 saturated carbocycles. The topological polar surface area (TPSA) is 15.8 Å². The molecule has 3 aromatic carbocycles. The van der Waals surface area contributed by atoms with Gasteiger partial charge in [-0.15, -0.1) is 0 Å². The summed E-state index contributed by atoms with van der Waals surface area (Å²) in [6.45, 7) is 0. The second-order valence-corrected chi connectivity index (χ2v) is 7.16. The normalized spacial score (nSPS) is 13.3. The average Bonchev–Trinajstić information content (AvgIpc) is 3.19. The third-order valence-corrected chi connectivity index (χ3v) is 5.66. The molecule has 0 spiro atoms. The summed E-state index contributed by atoms with van der Waals surface area (Å²) in [4.78, 5) is 3.38. The van der Waals surface area contributed by atoms with Crippen LogP contribution in [0.1, 0.15) is 5.56 Å². The average molecular weight is 299 g/mol. The summed E-state index contributed by atoms with van der Waals surface area (Å²) >= 11 is 0. The van der Waals surface area contributed by atoms with Crippen LogP contribution in [0.4, 0.5) is 0 Å². The zero-order valence-corrected chi connectivity index (χ0v) is 13.7. The largest absolute Gasteiger partial charge is 0.355 e. The fraction of sp³-hybridized carbons (Fsp3) is 0. The van der Waals surface area contributed by atoms with Gasteiger partial charge in [0.1, 0.15) is 0 Å². The standard InChI is InChI=1S/C12H9N.C8H8Si/c1-3-7-11-9(5-1)10-6-2-4-8-12(10)13-11;1-2-4-8-7(3-1)5-6-9-8/h1-8,13H;1-6H,9H2. The highest BCUT2D eigenvalue weighted by atomic mass is 28.2. The Labute approximate surface area is 132 Å². The lowest BCUT2D eigenvalue weighted by atomic mass is 10.2. The number of hydrogen-bond acceptors (Lipinski definition) is 0. The van der Waals surface area contributed by atoms with Gasteiger partial charge in [-0.2, -0.15) is 0 Å². The minimum atomic E-state index is 0.0110. The van der Waals surface area contributed by atoms with Gasteiger partial charge in [0, 0.05) is 21.8 Å². The van der Waals surface area contributed by atoms with Gasteiger partial charge < -0.3 is 4.98 Å². The van der Waals surface area contributed by atoms with E-state index in [0.717, 1.165) is 0 Å². The van der Waals surface area contributed by atoms with E-state index in [1.54, 1.807) is 5.19 Å². The number of nitrogens with one attached hydrogen (secondary N) is 1. The fourth-order valence-electron chi connectivity index (χ4n) is 2.99. The Morgan fingerprint density at radius 3 is 1.91 bits per heavy atom. The van der Waals surface area contributed by atoms with Gasteiger partial charge >= 0.3 is 0 Å². The van der Waals surface area contributed by atoms with Crippen LogP contribution in [0, 0.1) is 0 Å². The maximum Gasteiger partial charge on any atom is 0.0791 e. The van der Waals surface area contributed by atoms with Gasteiger partial charge in [0.05, 0.1) is 9.52 Å². The van der Waals surface area contributed by atoms with Crippen LogP contribution in [0.3, 0.4) is 0 Å². The number of rotatable bonds is 0. The van der Waals surface area contributed by atoms with Gasteiger partial charge in [-0.25, -0.2) is 0 Å². The van der Waals surface area contributed by atoms with Crippen LogP contribution in [0.2, 0.25) is 0 Å². The zero-order chi connectivity index (χ0) is 14.8. The first kappa shape index (κ1) is 13.1. The summed E-state index contributed by atoms with van der Waals surface area (Å²) in [5.74, 6) is 0. The predicted octanol–water partition coefficient (Wildman–Crippen LogP) is 3.79. The van der Waals surface area contributed by atoms with Crippen LogP contribution >= 0.6 is 0 Å². The molecule has 2 heterocycles. The zero-order valence-electron chi connectivity index (χ0n) is 12.3. The molecule has 4 aromatic rings. The third kappa shape index (κ3) is 2.38. The molecule has 0 atom stereocenters. The first-order valence-corrected chi connectivity index (χ1v) is 9.14. The summed E-state index contributed by atoms with van der Waals surface area (Å²) < 4.78 is 0. The van der Waals surface area contributed by atoms with Crippen molar-refractivity contribution in [1.82, 2.24) is 4.98 Å². The molecule has 0 amide bonds. The van der Waals surface area contributed by atoms with Crippen molar-refractivity contribution in [3.63, 3.8) is 0 Å². The van der Waals surface area contributed by atoms with E-state index in [-0.39, 0.29) is 9.52 Å².